The lowest BCUT2D eigenvalue weighted by Gasteiger charge is -2.10. The van der Waals surface area contributed by atoms with E-state index < -0.39 is 18.0 Å². The minimum Gasteiger partial charge on any atom is -0.489 e. The Hall–Kier alpha value is -2.53. The predicted octanol–water partition coefficient (Wildman–Crippen LogP) is 2.95. The highest BCUT2D eigenvalue weighted by molar-refractivity contribution is 6.30. The van der Waals surface area contributed by atoms with E-state index in [9.17, 15) is 9.59 Å². The fourth-order valence-corrected chi connectivity index (χ4v) is 1.85. The van der Waals surface area contributed by atoms with Crippen LogP contribution < -0.4 is 10.5 Å². The van der Waals surface area contributed by atoms with Crippen molar-refractivity contribution >= 4 is 23.5 Å². The molecule has 0 aromatic heterocycles. The van der Waals surface area contributed by atoms with Crippen molar-refractivity contribution in [3.05, 3.63) is 64.7 Å². The Labute approximate surface area is 139 Å². The molecule has 0 unspecified atom stereocenters. The molecule has 0 radical (unpaired) electrons. The quantitative estimate of drug-likeness (QED) is 0.824. The number of esters is 1. The highest BCUT2D eigenvalue weighted by atomic mass is 35.5. The van der Waals surface area contributed by atoms with E-state index in [1.807, 2.05) is 0 Å². The van der Waals surface area contributed by atoms with Gasteiger partial charge in [-0.2, -0.15) is 0 Å². The molecule has 0 saturated carbocycles. The summed E-state index contributed by atoms with van der Waals surface area (Å²) in [5.74, 6) is -0.582. The maximum atomic E-state index is 11.8. The summed E-state index contributed by atoms with van der Waals surface area (Å²) >= 11 is 5.80. The minimum absolute atomic E-state index is 0.341. The van der Waals surface area contributed by atoms with Crippen LogP contribution >= 0.6 is 11.6 Å². The van der Waals surface area contributed by atoms with Crippen molar-refractivity contribution in [3.8, 4) is 5.75 Å². The number of rotatable bonds is 6. The van der Waals surface area contributed by atoms with Gasteiger partial charge in [-0.1, -0.05) is 23.7 Å². The highest BCUT2D eigenvalue weighted by Gasteiger charge is 2.15. The summed E-state index contributed by atoms with van der Waals surface area (Å²) in [5, 5.41) is 0.644. The first-order valence-corrected chi connectivity index (χ1v) is 7.31. The molecular formula is C17H16ClNO4. The molecule has 1 amide bonds. The second-order valence-electron chi connectivity index (χ2n) is 4.89. The van der Waals surface area contributed by atoms with Gasteiger partial charge < -0.3 is 15.2 Å². The Kier molecular flexibility index (Phi) is 5.60. The van der Waals surface area contributed by atoms with Gasteiger partial charge in [0, 0.05) is 5.02 Å². The van der Waals surface area contributed by atoms with Gasteiger partial charge in [0.1, 0.15) is 12.4 Å². The second-order valence-corrected chi connectivity index (χ2v) is 5.33. The first-order valence-electron chi connectivity index (χ1n) is 6.93. The number of amides is 1. The lowest BCUT2D eigenvalue weighted by atomic mass is 10.1. The van der Waals surface area contributed by atoms with Crippen molar-refractivity contribution in [2.75, 3.05) is 0 Å². The van der Waals surface area contributed by atoms with Crippen LogP contribution in [-0.4, -0.2) is 18.0 Å². The first kappa shape index (κ1) is 16.8. The number of hydrogen-bond acceptors (Lipinski definition) is 4. The maximum absolute atomic E-state index is 11.8. The number of halogens is 1. The van der Waals surface area contributed by atoms with E-state index in [1.54, 1.807) is 48.5 Å². The van der Waals surface area contributed by atoms with Gasteiger partial charge in [0.2, 0.25) is 0 Å². The monoisotopic (exact) mass is 333 g/mol. The van der Waals surface area contributed by atoms with Crippen molar-refractivity contribution in [3.63, 3.8) is 0 Å². The number of carbonyl (C=O) groups is 2. The lowest BCUT2D eigenvalue weighted by molar-refractivity contribution is -0.125. The molecule has 0 aliphatic carbocycles. The van der Waals surface area contributed by atoms with Crippen LogP contribution in [0.15, 0.2) is 48.5 Å². The number of ether oxygens (including phenoxy) is 2. The summed E-state index contributed by atoms with van der Waals surface area (Å²) in [5.41, 5.74) is 6.28. The van der Waals surface area contributed by atoms with Gasteiger partial charge in [-0.15, -0.1) is 0 Å². The zero-order valence-corrected chi connectivity index (χ0v) is 13.2. The molecule has 6 heteroatoms. The van der Waals surface area contributed by atoms with Crippen LogP contribution in [-0.2, 0) is 16.1 Å². The SMILES string of the molecule is C[C@@H](OC(=O)c1ccc(COc2ccc(Cl)cc2)cc1)C(N)=O. The van der Waals surface area contributed by atoms with Gasteiger partial charge in [0.15, 0.2) is 6.10 Å². The molecule has 0 spiro atoms. The van der Waals surface area contributed by atoms with Crippen molar-refractivity contribution in [2.24, 2.45) is 5.73 Å². The van der Waals surface area contributed by atoms with E-state index in [2.05, 4.69) is 0 Å². The number of benzene rings is 2. The van der Waals surface area contributed by atoms with Crippen molar-refractivity contribution in [2.45, 2.75) is 19.6 Å². The van der Waals surface area contributed by atoms with Gasteiger partial charge in [-0.25, -0.2) is 4.79 Å². The number of nitrogens with two attached hydrogens (primary N) is 1. The third-order valence-electron chi connectivity index (χ3n) is 3.09. The zero-order chi connectivity index (χ0) is 16.8. The minimum atomic E-state index is -0.963. The second kappa shape index (κ2) is 7.65. The van der Waals surface area contributed by atoms with E-state index in [1.165, 1.54) is 6.92 Å². The average Bonchev–Trinajstić information content (AvgIpc) is 2.54. The molecule has 0 aliphatic rings. The Balaban J connectivity index is 1.92. The molecule has 0 aliphatic heterocycles. The van der Waals surface area contributed by atoms with Gasteiger partial charge in [0.25, 0.3) is 5.91 Å². The Morgan fingerprint density at radius 1 is 1.09 bits per heavy atom. The fourth-order valence-electron chi connectivity index (χ4n) is 1.72. The van der Waals surface area contributed by atoms with Crippen molar-refractivity contribution < 1.29 is 19.1 Å². The molecule has 0 bridgehead atoms. The van der Waals surface area contributed by atoms with Crippen LogP contribution in [0.4, 0.5) is 0 Å². The van der Waals surface area contributed by atoms with Crippen LogP contribution in [0.2, 0.25) is 5.02 Å². The van der Waals surface area contributed by atoms with Crippen molar-refractivity contribution in [1.82, 2.24) is 0 Å². The normalized spacial score (nSPS) is 11.6. The smallest absolute Gasteiger partial charge is 0.338 e. The van der Waals surface area contributed by atoms with Crippen molar-refractivity contribution in [1.29, 1.82) is 0 Å². The molecule has 23 heavy (non-hydrogen) atoms. The standard InChI is InChI=1S/C17H16ClNO4/c1-11(16(19)20)23-17(21)13-4-2-12(3-5-13)10-22-15-8-6-14(18)7-9-15/h2-9,11H,10H2,1H3,(H2,19,20)/t11-/m1/s1. The number of hydrogen-bond donors (Lipinski definition) is 1. The van der Waals surface area contributed by atoms with Crippen LogP contribution in [0, 0.1) is 0 Å². The van der Waals surface area contributed by atoms with Gasteiger partial charge in [0.05, 0.1) is 5.56 Å². The topological polar surface area (TPSA) is 78.6 Å². The van der Waals surface area contributed by atoms with Crippen LogP contribution in [0.1, 0.15) is 22.8 Å². The summed E-state index contributed by atoms with van der Waals surface area (Å²) in [6.45, 7) is 1.78. The fraction of sp³-hybridized carbons (Fsp3) is 0.176. The Morgan fingerprint density at radius 3 is 2.26 bits per heavy atom. The van der Waals surface area contributed by atoms with E-state index in [0.717, 1.165) is 5.56 Å². The number of carbonyl (C=O) groups excluding carboxylic acids is 2. The molecular weight excluding hydrogens is 318 g/mol. The molecule has 2 aromatic carbocycles. The molecule has 2 rings (SSSR count). The summed E-state index contributed by atoms with van der Waals surface area (Å²) < 4.78 is 10.5. The zero-order valence-electron chi connectivity index (χ0n) is 12.5. The molecule has 2 aromatic rings. The van der Waals surface area contributed by atoms with E-state index in [4.69, 9.17) is 26.8 Å². The summed E-state index contributed by atoms with van der Waals surface area (Å²) in [6, 6.07) is 13.8. The number of primary amides is 1. The Bertz CT molecular complexity index is 683. The summed E-state index contributed by atoms with van der Waals surface area (Å²) in [6.07, 6.45) is -0.963. The summed E-state index contributed by atoms with van der Waals surface area (Å²) in [4.78, 5) is 22.7. The summed E-state index contributed by atoms with van der Waals surface area (Å²) in [7, 11) is 0. The van der Waals surface area contributed by atoms with E-state index >= 15 is 0 Å². The Morgan fingerprint density at radius 2 is 1.70 bits per heavy atom. The predicted molar refractivity (Wildman–Crippen MR) is 86.3 cm³/mol. The molecule has 0 heterocycles. The van der Waals surface area contributed by atoms with E-state index in [0.29, 0.717) is 22.9 Å². The van der Waals surface area contributed by atoms with Gasteiger partial charge in [-0.05, 0) is 48.9 Å². The van der Waals surface area contributed by atoms with Gasteiger partial charge in [-0.3, -0.25) is 4.79 Å². The third-order valence-corrected chi connectivity index (χ3v) is 3.35. The molecule has 0 fully saturated rings. The van der Waals surface area contributed by atoms with Crippen LogP contribution in [0.25, 0.3) is 0 Å². The van der Waals surface area contributed by atoms with Crippen LogP contribution in [0.5, 0.6) is 5.75 Å². The maximum Gasteiger partial charge on any atom is 0.338 e. The molecule has 2 N–H and O–H groups in total. The van der Waals surface area contributed by atoms with E-state index in [-0.39, 0.29) is 0 Å². The molecule has 1 atom stereocenters. The lowest BCUT2D eigenvalue weighted by Crippen LogP contribution is -2.30. The molecule has 120 valence electrons. The largest absolute Gasteiger partial charge is 0.489 e. The van der Waals surface area contributed by atoms with Crippen LogP contribution in [0.3, 0.4) is 0 Å². The molecule has 5 nitrogen and oxygen atoms in total. The third kappa shape index (κ3) is 5.00. The van der Waals surface area contributed by atoms with Gasteiger partial charge >= 0.3 is 5.97 Å². The average molecular weight is 334 g/mol. The molecule has 0 saturated heterocycles. The first-order chi connectivity index (χ1) is 11.0. The highest BCUT2D eigenvalue weighted by Crippen LogP contribution is 2.17.